The van der Waals surface area contributed by atoms with Gasteiger partial charge in [0, 0.05) is 38.6 Å². The molecule has 108 valence electrons. The van der Waals surface area contributed by atoms with Gasteiger partial charge in [0.25, 0.3) is 0 Å². The van der Waals surface area contributed by atoms with Crippen molar-refractivity contribution in [2.45, 2.75) is 29.7 Å². The van der Waals surface area contributed by atoms with Crippen LogP contribution in [-0.2, 0) is 27.7 Å². The number of rotatable bonds is 7. The Morgan fingerprint density at radius 3 is 2.68 bits per heavy atom. The summed E-state index contributed by atoms with van der Waals surface area (Å²) in [4.78, 5) is 0.314. The van der Waals surface area contributed by atoms with Crippen LogP contribution in [0.15, 0.2) is 17.2 Å². The molecular formula is C12H19ClN2O3S. The van der Waals surface area contributed by atoms with Crippen molar-refractivity contribution in [3.8, 4) is 0 Å². The molecule has 19 heavy (non-hydrogen) atoms. The van der Waals surface area contributed by atoms with Crippen molar-refractivity contribution in [1.82, 2.24) is 8.87 Å². The molecule has 0 spiro atoms. The lowest BCUT2D eigenvalue weighted by molar-refractivity contribution is 0.177. The fourth-order valence-corrected chi connectivity index (χ4v) is 4.06. The van der Waals surface area contributed by atoms with Crippen molar-refractivity contribution >= 4 is 21.6 Å². The number of alkyl halides is 1. The van der Waals surface area contributed by atoms with E-state index in [4.69, 9.17) is 16.3 Å². The lowest BCUT2D eigenvalue weighted by atomic mass is 10.5. The van der Waals surface area contributed by atoms with Gasteiger partial charge in [-0.3, -0.25) is 0 Å². The fourth-order valence-electron chi connectivity index (χ4n) is 2.03. The first-order chi connectivity index (χ1) is 9.00. The van der Waals surface area contributed by atoms with Gasteiger partial charge in [0.15, 0.2) is 0 Å². The first-order valence-corrected chi connectivity index (χ1v) is 8.20. The number of nitrogens with zero attached hydrogens (tertiary/aromatic N) is 2. The molecule has 0 saturated heterocycles. The van der Waals surface area contributed by atoms with Crippen LogP contribution < -0.4 is 0 Å². The van der Waals surface area contributed by atoms with Gasteiger partial charge >= 0.3 is 0 Å². The van der Waals surface area contributed by atoms with E-state index in [-0.39, 0.29) is 6.04 Å². The van der Waals surface area contributed by atoms with Crippen LogP contribution in [0.5, 0.6) is 0 Å². The van der Waals surface area contributed by atoms with Crippen LogP contribution in [0.1, 0.15) is 18.5 Å². The van der Waals surface area contributed by atoms with Crippen molar-refractivity contribution in [1.29, 1.82) is 0 Å². The normalized spacial score (nSPS) is 16.2. The number of aryl methyl sites for hydroxylation is 1. The second kappa shape index (κ2) is 5.83. The number of hydrogen-bond donors (Lipinski definition) is 0. The van der Waals surface area contributed by atoms with Crippen LogP contribution in [0.3, 0.4) is 0 Å². The third-order valence-corrected chi connectivity index (χ3v) is 5.49. The van der Waals surface area contributed by atoms with E-state index in [2.05, 4.69) is 0 Å². The van der Waals surface area contributed by atoms with Crippen molar-refractivity contribution in [3.05, 3.63) is 18.0 Å². The van der Waals surface area contributed by atoms with E-state index in [0.717, 1.165) is 18.5 Å². The average Bonchev–Trinajstić information content (AvgIpc) is 3.11. The van der Waals surface area contributed by atoms with E-state index in [1.54, 1.807) is 35.3 Å². The zero-order chi connectivity index (χ0) is 14.0. The van der Waals surface area contributed by atoms with E-state index in [0.29, 0.717) is 23.9 Å². The third kappa shape index (κ3) is 3.13. The highest BCUT2D eigenvalue weighted by Crippen LogP contribution is 2.32. The molecule has 0 unspecified atom stereocenters. The molecule has 0 amide bonds. The second-order valence-electron chi connectivity index (χ2n) is 4.75. The van der Waals surface area contributed by atoms with Crippen LogP contribution >= 0.6 is 11.6 Å². The van der Waals surface area contributed by atoms with Gasteiger partial charge in [-0.1, -0.05) is 0 Å². The van der Waals surface area contributed by atoms with Crippen molar-refractivity contribution < 1.29 is 13.2 Å². The average molecular weight is 307 g/mol. The first-order valence-electron chi connectivity index (χ1n) is 6.22. The van der Waals surface area contributed by atoms with Crippen LogP contribution in [0, 0.1) is 0 Å². The number of halogens is 1. The quantitative estimate of drug-likeness (QED) is 0.718. The zero-order valence-electron chi connectivity index (χ0n) is 11.2. The summed E-state index contributed by atoms with van der Waals surface area (Å²) in [6, 6.07) is 1.77. The summed E-state index contributed by atoms with van der Waals surface area (Å²) in [5.41, 5.74) is 0.794. The Balaban J connectivity index is 2.27. The SMILES string of the molecule is COCCN(C1CC1)S(=O)(=O)c1cc(CCl)n(C)c1. The molecule has 1 aromatic rings. The maximum atomic E-state index is 12.6. The Morgan fingerprint density at radius 2 is 2.21 bits per heavy atom. The molecular weight excluding hydrogens is 288 g/mol. The molecule has 0 radical (unpaired) electrons. The smallest absolute Gasteiger partial charge is 0.244 e. The molecule has 0 aromatic carbocycles. The van der Waals surface area contributed by atoms with Gasteiger partial charge in [-0.15, -0.1) is 11.6 Å². The predicted molar refractivity (Wildman–Crippen MR) is 73.8 cm³/mol. The monoisotopic (exact) mass is 306 g/mol. The van der Waals surface area contributed by atoms with Gasteiger partial charge in [0.2, 0.25) is 10.0 Å². The molecule has 1 aliphatic rings. The molecule has 2 rings (SSSR count). The Kier molecular flexibility index (Phi) is 4.55. The van der Waals surface area contributed by atoms with Crippen molar-refractivity contribution in [3.63, 3.8) is 0 Å². The van der Waals surface area contributed by atoms with Crippen LogP contribution in [0.4, 0.5) is 0 Å². The minimum absolute atomic E-state index is 0.125. The van der Waals surface area contributed by atoms with E-state index in [1.165, 1.54) is 0 Å². The fraction of sp³-hybridized carbons (Fsp3) is 0.667. The number of ether oxygens (including phenoxy) is 1. The van der Waals surface area contributed by atoms with Crippen LogP contribution in [-0.4, -0.2) is 43.6 Å². The summed E-state index contributed by atoms with van der Waals surface area (Å²) in [6.07, 6.45) is 3.48. The zero-order valence-corrected chi connectivity index (χ0v) is 12.7. The number of hydrogen-bond acceptors (Lipinski definition) is 3. The summed E-state index contributed by atoms with van der Waals surface area (Å²) in [5.74, 6) is 0.299. The lowest BCUT2D eigenvalue weighted by Gasteiger charge is -2.20. The Morgan fingerprint density at radius 1 is 1.53 bits per heavy atom. The minimum atomic E-state index is -3.45. The highest BCUT2D eigenvalue weighted by Gasteiger charge is 2.38. The van der Waals surface area contributed by atoms with Gasteiger partial charge in [-0.25, -0.2) is 8.42 Å². The molecule has 1 heterocycles. The van der Waals surface area contributed by atoms with Crippen LogP contribution in [0.25, 0.3) is 0 Å². The van der Waals surface area contributed by atoms with Crippen molar-refractivity contribution in [2.75, 3.05) is 20.3 Å². The molecule has 1 saturated carbocycles. The first kappa shape index (κ1) is 14.8. The summed E-state index contributed by atoms with van der Waals surface area (Å²) in [7, 11) is -0.0738. The molecule has 0 N–H and O–H groups in total. The van der Waals surface area contributed by atoms with Crippen LogP contribution in [0.2, 0.25) is 0 Å². The van der Waals surface area contributed by atoms with E-state index < -0.39 is 10.0 Å². The Hall–Kier alpha value is -0.560. The molecule has 1 fully saturated rings. The summed E-state index contributed by atoms with van der Waals surface area (Å²) in [6.45, 7) is 0.805. The van der Waals surface area contributed by atoms with E-state index >= 15 is 0 Å². The topological polar surface area (TPSA) is 51.5 Å². The minimum Gasteiger partial charge on any atom is -0.383 e. The van der Waals surface area contributed by atoms with Crippen molar-refractivity contribution in [2.24, 2.45) is 7.05 Å². The molecule has 0 bridgehead atoms. The van der Waals surface area contributed by atoms with E-state index in [9.17, 15) is 8.42 Å². The predicted octanol–water partition coefficient (Wildman–Crippen LogP) is 1.56. The largest absolute Gasteiger partial charge is 0.383 e. The molecule has 0 aliphatic heterocycles. The van der Waals surface area contributed by atoms with Gasteiger partial charge in [-0.2, -0.15) is 4.31 Å². The van der Waals surface area contributed by atoms with Gasteiger partial charge in [-0.05, 0) is 18.9 Å². The molecule has 5 nitrogen and oxygen atoms in total. The Labute approximate surface area is 119 Å². The summed E-state index contributed by atoms with van der Waals surface area (Å²) in [5, 5.41) is 0. The Bertz CT molecular complexity index is 537. The number of sulfonamides is 1. The number of aromatic nitrogens is 1. The number of methoxy groups -OCH3 is 1. The second-order valence-corrected chi connectivity index (χ2v) is 6.91. The highest BCUT2D eigenvalue weighted by molar-refractivity contribution is 7.89. The maximum Gasteiger partial charge on any atom is 0.244 e. The molecule has 7 heteroatoms. The molecule has 1 aliphatic carbocycles. The lowest BCUT2D eigenvalue weighted by Crippen LogP contribution is -2.35. The molecule has 0 atom stereocenters. The van der Waals surface area contributed by atoms with Gasteiger partial charge in [0.05, 0.1) is 12.5 Å². The summed E-state index contributed by atoms with van der Waals surface area (Å²) >= 11 is 5.78. The highest BCUT2D eigenvalue weighted by atomic mass is 35.5. The maximum absolute atomic E-state index is 12.6. The van der Waals surface area contributed by atoms with E-state index in [1.807, 2.05) is 0 Å². The summed E-state index contributed by atoms with van der Waals surface area (Å²) < 4.78 is 33.5. The standard InChI is InChI=1S/C12H19ClN2O3S/c1-14-9-12(7-11(14)8-13)19(16,17)15(5-6-18-2)10-3-4-10/h7,9-10H,3-6,8H2,1-2H3. The third-order valence-electron chi connectivity index (χ3n) is 3.30. The van der Waals surface area contributed by atoms with Gasteiger partial charge < -0.3 is 9.30 Å². The van der Waals surface area contributed by atoms with Gasteiger partial charge in [0.1, 0.15) is 4.90 Å². The molecule has 1 aromatic heterocycles.